The summed E-state index contributed by atoms with van der Waals surface area (Å²) in [6.07, 6.45) is -0.589. The summed E-state index contributed by atoms with van der Waals surface area (Å²) in [6.45, 7) is 1.75. The lowest BCUT2D eigenvalue weighted by molar-refractivity contribution is -0.142. The van der Waals surface area contributed by atoms with Crippen molar-refractivity contribution in [3.63, 3.8) is 0 Å². The number of rotatable bonds is 4. The van der Waals surface area contributed by atoms with Gasteiger partial charge < -0.3 is 20.1 Å². The van der Waals surface area contributed by atoms with E-state index in [0.29, 0.717) is 5.76 Å². The molecule has 0 bridgehead atoms. The predicted octanol–water partition coefficient (Wildman–Crippen LogP) is -0.559. The third kappa shape index (κ3) is 3.30. The Kier molecular flexibility index (Phi) is 3.82. The van der Waals surface area contributed by atoms with Gasteiger partial charge in [-0.3, -0.25) is 14.5 Å². The van der Waals surface area contributed by atoms with Gasteiger partial charge >= 0.3 is 5.97 Å². The quantitative estimate of drug-likeness (QED) is 0.671. The largest absolute Gasteiger partial charge is 0.480 e. The molecule has 0 aromatic carbocycles. The van der Waals surface area contributed by atoms with Gasteiger partial charge in [0, 0.05) is 19.0 Å². The van der Waals surface area contributed by atoms with Crippen LogP contribution in [0.4, 0.5) is 5.82 Å². The first kappa shape index (κ1) is 13.5. The fraction of sp³-hybridized carbons (Fsp3) is 0.545. The lowest BCUT2D eigenvalue weighted by atomic mass is 10.2. The Morgan fingerprint density at radius 2 is 2.37 bits per heavy atom. The molecule has 1 amide bonds. The Balaban J connectivity index is 1.92. The molecule has 104 valence electrons. The maximum Gasteiger partial charge on any atom is 0.321 e. The number of hydrogen-bond donors (Lipinski definition) is 3. The summed E-state index contributed by atoms with van der Waals surface area (Å²) in [4.78, 5) is 24.2. The molecule has 1 aliphatic rings. The zero-order chi connectivity index (χ0) is 14.0. The number of nitrogens with one attached hydrogen (secondary N) is 1. The third-order valence-corrected chi connectivity index (χ3v) is 2.91. The second kappa shape index (κ2) is 5.37. The van der Waals surface area contributed by atoms with Gasteiger partial charge in [0.2, 0.25) is 5.91 Å². The van der Waals surface area contributed by atoms with E-state index >= 15 is 0 Å². The number of aromatic nitrogens is 1. The van der Waals surface area contributed by atoms with Crippen LogP contribution in [0.3, 0.4) is 0 Å². The smallest absolute Gasteiger partial charge is 0.321 e. The fourth-order valence-electron chi connectivity index (χ4n) is 2.10. The highest BCUT2D eigenvalue weighted by Gasteiger charge is 2.36. The lowest BCUT2D eigenvalue weighted by Crippen LogP contribution is -2.41. The molecule has 0 aliphatic carbocycles. The summed E-state index contributed by atoms with van der Waals surface area (Å²) in [5.74, 6) is -0.584. The number of likely N-dealkylation sites (tertiary alicyclic amines) is 1. The Morgan fingerprint density at radius 3 is 2.95 bits per heavy atom. The van der Waals surface area contributed by atoms with Crippen LogP contribution < -0.4 is 5.32 Å². The van der Waals surface area contributed by atoms with Crippen molar-refractivity contribution in [3.05, 3.63) is 11.8 Å². The fourth-order valence-corrected chi connectivity index (χ4v) is 2.10. The van der Waals surface area contributed by atoms with Crippen LogP contribution in [-0.4, -0.2) is 57.4 Å². The van der Waals surface area contributed by atoms with Crippen LogP contribution in [0.2, 0.25) is 0 Å². The molecule has 0 saturated carbocycles. The van der Waals surface area contributed by atoms with E-state index in [1.807, 2.05) is 0 Å². The number of carboxylic acids is 1. The molecule has 8 heteroatoms. The number of carboxylic acid groups (broad SMARTS) is 1. The van der Waals surface area contributed by atoms with Crippen LogP contribution in [0.1, 0.15) is 12.2 Å². The normalized spacial score (nSPS) is 23.5. The molecule has 0 radical (unpaired) electrons. The van der Waals surface area contributed by atoms with Crippen LogP contribution in [0.15, 0.2) is 10.6 Å². The van der Waals surface area contributed by atoms with Crippen molar-refractivity contribution in [2.24, 2.45) is 0 Å². The Bertz CT molecular complexity index is 486. The SMILES string of the molecule is Cc1cc(NC(=O)CN2CC(O)CC2C(=O)O)no1. The maximum absolute atomic E-state index is 11.7. The third-order valence-electron chi connectivity index (χ3n) is 2.91. The molecule has 1 saturated heterocycles. The monoisotopic (exact) mass is 269 g/mol. The lowest BCUT2D eigenvalue weighted by Gasteiger charge is -2.19. The number of β-amino-alcohol motifs (C(OH)–C–C–N with tert-alkyl or cyclic N) is 1. The first-order valence-electron chi connectivity index (χ1n) is 5.84. The minimum absolute atomic E-state index is 0.111. The molecule has 8 nitrogen and oxygen atoms in total. The standard InChI is InChI=1S/C11H15N3O5/c1-6-2-9(13-19-6)12-10(16)5-14-4-7(15)3-8(14)11(17)18/h2,7-8,15H,3-5H2,1H3,(H,17,18)(H,12,13,16). The average Bonchev–Trinajstić information content (AvgIpc) is 2.85. The molecule has 1 aromatic heterocycles. The zero-order valence-electron chi connectivity index (χ0n) is 10.4. The number of aliphatic carboxylic acids is 1. The first-order valence-corrected chi connectivity index (χ1v) is 5.84. The number of nitrogens with zero attached hydrogens (tertiary/aromatic N) is 2. The summed E-state index contributed by atoms with van der Waals surface area (Å²) in [5.41, 5.74) is 0. The van der Waals surface area contributed by atoms with Gasteiger partial charge in [-0.25, -0.2) is 0 Å². The topological polar surface area (TPSA) is 116 Å². The molecule has 0 spiro atoms. The van der Waals surface area contributed by atoms with E-state index in [9.17, 15) is 14.7 Å². The molecule has 19 heavy (non-hydrogen) atoms. The highest BCUT2D eigenvalue weighted by molar-refractivity contribution is 5.91. The minimum atomic E-state index is -1.04. The van der Waals surface area contributed by atoms with Gasteiger partial charge in [0.1, 0.15) is 11.8 Å². The molecule has 2 atom stereocenters. The number of amides is 1. The second-order valence-corrected chi connectivity index (χ2v) is 4.54. The van der Waals surface area contributed by atoms with E-state index in [4.69, 9.17) is 9.63 Å². The van der Waals surface area contributed by atoms with Gasteiger partial charge in [0.15, 0.2) is 5.82 Å². The molecule has 1 aromatic rings. The van der Waals surface area contributed by atoms with Crippen LogP contribution in [0.25, 0.3) is 0 Å². The number of aliphatic hydroxyl groups excluding tert-OH is 1. The van der Waals surface area contributed by atoms with Crippen LogP contribution in [0, 0.1) is 6.92 Å². The maximum atomic E-state index is 11.7. The zero-order valence-corrected chi connectivity index (χ0v) is 10.4. The van der Waals surface area contributed by atoms with Crippen molar-refractivity contribution < 1.29 is 24.3 Å². The van der Waals surface area contributed by atoms with Gasteiger partial charge in [0.25, 0.3) is 0 Å². The number of aryl methyl sites for hydroxylation is 1. The van der Waals surface area contributed by atoms with Crippen molar-refractivity contribution in [1.29, 1.82) is 0 Å². The summed E-state index contributed by atoms with van der Waals surface area (Å²) in [6, 6.07) is 0.727. The van der Waals surface area contributed by atoms with Crippen LogP contribution in [-0.2, 0) is 9.59 Å². The van der Waals surface area contributed by atoms with Gasteiger partial charge in [-0.1, -0.05) is 5.16 Å². The van der Waals surface area contributed by atoms with Crippen molar-refractivity contribution in [2.45, 2.75) is 25.5 Å². The van der Waals surface area contributed by atoms with Gasteiger partial charge in [-0.2, -0.15) is 0 Å². The number of carbonyl (C=O) groups excluding carboxylic acids is 1. The summed E-state index contributed by atoms with van der Waals surface area (Å²) in [5, 5.41) is 24.6. The van der Waals surface area contributed by atoms with E-state index in [2.05, 4.69) is 10.5 Å². The molecular formula is C11H15N3O5. The predicted molar refractivity (Wildman–Crippen MR) is 63.5 cm³/mol. The van der Waals surface area contributed by atoms with Crippen LogP contribution in [0.5, 0.6) is 0 Å². The number of anilines is 1. The van der Waals surface area contributed by atoms with Crippen LogP contribution >= 0.6 is 0 Å². The van der Waals surface area contributed by atoms with Gasteiger partial charge in [0.05, 0.1) is 12.6 Å². The molecule has 1 aliphatic heterocycles. The average molecular weight is 269 g/mol. The summed E-state index contributed by atoms with van der Waals surface area (Å²) < 4.78 is 4.80. The van der Waals surface area contributed by atoms with Crippen molar-refractivity contribution in [2.75, 3.05) is 18.4 Å². The van der Waals surface area contributed by atoms with E-state index in [-0.39, 0.29) is 25.3 Å². The summed E-state index contributed by atoms with van der Waals surface area (Å²) in [7, 11) is 0. The molecule has 3 N–H and O–H groups in total. The second-order valence-electron chi connectivity index (χ2n) is 4.54. The molecular weight excluding hydrogens is 254 g/mol. The highest BCUT2D eigenvalue weighted by Crippen LogP contribution is 2.18. The Hall–Kier alpha value is -1.93. The molecule has 2 heterocycles. The first-order chi connectivity index (χ1) is 8.95. The van der Waals surface area contributed by atoms with Crippen molar-refractivity contribution >= 4 is 17.7 Å². The van der Waals surface area contributed by atoms with Crippen molar-refractivity contribution in [1.82, 2.24) is 10.1 Å². The Labute approximate surface area is 109 Å². The summed E-state index contributed by atoms with van der Waals surface area (Å²) >= 11 is 0. The van der Waals surface area contributed by atoms with Gasteiger partial charge in [-0.15, -0.1) is 0 Å². The van der Waals surface area contributed by atoms with Gasteiger partial charge in [-0.05, 0) is 6.92 Å². The molecule has 2 unspecified atom stereocenters. The Morgan fingerprint density at radius 1 is 1.63 bits per heavy atom. The number of carbonyl (C=O) groups is 2. The van der Waals surface area contributed by atoms with E-state index in [0.717, 1.165) is 0 Å². The van der Waals surface area contributed by atoms with E-state index < -0.39 is 24.0 Å². The highest BCUT2D eigenvalue weighted by atomic mass is 16.5. The molecule has 1 fully saturated rings. The number of hydrogen-bond acceptors (Lipinski definition) is 6. The van der Waals surface area contributed by atoms with E-state index in [1.165, 1.54) is 4.90 Å². The van der Waals surface area contributed by atoms with E-state index in [1.54, 1.807) is 13.0 Å². The minimum Gasteiger partial charge on any atom is -0.480 e. The van der Waals surface area contributed by atoms with Crippen molar-refractivity contribution in [3.8, 4) is 0 Å². The molecule has 2 rings (SSSR count). The number of aliphatic hydroxyl groups is 1.